The third-order valence-electron chi connectivity index (χ3n) is 6.35. The van der Waals surface area contributed by atoms with Crippen molar-refractivity contribution in [2.75, 3.05) is 4.90 Å². The first kappa shape index (κ1) is 16.3. The summed E-state index contributed by atoms with van der Waals surface area (Å²) in [5.74, 6) is 0.301. The highest BCUT2D eigenvalue weighted by Crippen LogP contribution is 2.61. The van der Waals surface area contributed by atoms with Crippen LogP contribution in [0.15, 0.2) is 48.5 Å². The van der Waals surface area contributed by atoms with Gasteiger partial charge >= 0.3 is 0 Å². The van der Waals surface area contributed by atoms with Crippen LogP contribution in [0.3, 0.4) is 0 Å². The van der Waals surface area contributed by atoms with Crippen molar-refractivity contribution in [2.45, 2.75) is 18.8 Å². The highest BCUT2D eigenvalue weighted by molar-refractivity contribution is 6.35. The van der Waals surface area contributed by atoms with E-state index in [0.717, 1.165) is 12.8 Å². The van der Waals surface area contributed by atoms with Crippen LogP contribution in [-0.4, -0.2) is 11.8 Å². The minimum atomic E-state index is -0.218. The number of imide groups is 1. The van der Waals surface area contributed by atoms with Crippen LogP contribution in [0.2, 0.25) is 10.0 Å². The highest BCUT2D eigenvalue weighted by atomic mass is 35.5. The number of hydrogen-bond donors (Lipinski definition) is 0. The smallest absolute Gasteiger partial charge is 0.237 e. The van der Waals surface area contributed by atoms with Gasteiger partial charge in [-0.15, -0.1) is 0 Å². The molecular weight excluding hydrogens is 369 g/mol. The van der Waals surface area contributed by atoms with Gasteiger partial charge in [-0.05, 0) is 54.4 Å². The predicted octanol–water partition coefficient (Wildman–Crippen LogP) is 4.92. The van der Waals surface area contributed by atoms with Gasteiger partial charge in [0, 0.05) is 10.0 Å². The number of carbonyl (C=O) groups excluding carboxylic acids is 2. The van der Waals surface area contributed by atoms with Gasteiger partial charge in [0.1, 0.15) is 0 Å². The van der Waals surface area contributed by atoms with Gasteiger partial charge in [0.15, 0.2) is 0 Å². The van der Waals surface area contributed by atoms with Crippen molar-refractivity contribution in [3.63, 3.8) is 0 Å². The first-order valence-corrected chi connectivity index (χ1v) is 9.69. The van der Waals surface area contributed by atoms with Crippen molar-refractivity contribution < 1.29 is 9.59 Å². The molecule has 0 radical (unpaired) electrons. The minimum Gasteiger partial charge on any atom is -0.274 e. The van der Waals surface area contributed by atoms with Crippen molar-refractivity contribution in [3.05, 3.63) is 64.1 Å². The lowest BCUT2D eigenvalue weighted by molar-refractivity contribution is -0.123. The summed E-state index contributed by atoms with van der Waals surface area (Å²) in [5, 5.41) is 0.852. The number of rotatable bonds is 2. The van der Waals surface area contributed by atoms with Crippen LogP contribution in [0.25, 0.3) is 0 Å². The molecule has 5 heteroatoms. The van der Waals surface area contributed by atoms with Gasteiger partial charge in [-0.2, -0.15) is 0 Å². The lowest BCUT2D eigenvalue weighted by Gasteiger charge is -2.28. The van der Waals surface area contributed by atoms with Gasteiger partial charge in [-0.1, -0.05) is 53.5 Å². The lowest BCUT2D eigenvalue weighted by Crippen LogP contribution is -2.33. The normalized spacial score (nSPS) is 32.4. The zero-order valence-electron chi connectivity index (χ0n) is 13.9. The summed E-state index contributed by atoms with van der Waals surface area (Å²) in [6.45, 7) is 0. The van der Waals surface area contributed by atoms with E-state index in [1.54, 1.807) is 18.2 Å². The maximum atomic E-state index is 13.2. The van der Waals surface area contributed by atoms with Gasteiger partial charge in [0.2, 0.25) is 11.8 Å². The molecule has 0 spiro atoms. The van der Waals surface area contributed by atoms with Crippen LogP contribution in [0.4, 0.5) is 5.69 Å². The highest BCUT2D eigenvalue weighted by Gasteiger charge is 2.64. The fraction of sp³-hybridized carbons (Fsp3) is 0.333. The number of anilines is 1. The van der Waals surface area contributed by atoms with E-state index in [0.29, 0.717) is 21.7 Å². The number of nitrogens with zero attached hydrogens (tertiary/aromatic N) is 1. The Balaban J connectivity index is 1.51. The van der Waals surface area contributed by atoms with Crippen molar-refractivity contribution in [3.8, 4) is 0 Å². The minimum absolute atomic E-state index is 0.0858. The molecule has 2 aromatic rings. The van der Waals surface area contributed by atoms with Gasteiger partial charge in [0.25, 0.3) is 0 Å². The number of halogens is 2. The number of hydrogen-bond acceptors (Lipinski definition) is 2. The Hall–Kier alpha value is -1.84. The molecular formula is C21H17Cl2NO2. The van der Waals surface area contributed by atoms with Crippen LogP contribution in [-0.2, 0) is 9.59 Å². The summed E-state index contributed by atoms with van der Waals surface area (Å²) < 4.78 is 0. The summed E-state index contributed by atoms with van der Waals surface area (Å²) in [4.78, 5) is 27.6. The molecule has 1 aliphatic heterocycles. The standard InChI is InChI=1S/C21H17Cl2NO2/c22-13-8-14(23)10-15(9-13)24-20(25)18-12-6-16(11-4-2-1-3-5-11)17(7-12)19(18)21(24)26/h1-5,8-10,12,16-19H,6-7H2/t12-,16+,17+,18+,19-/m0/s1. The molecule has 3 fully saturated rings. The molecule has 0 aromatic heterocycles. The number of amides is 2. The predicted molar refractivity (Wildman–Crippen MR) is 101 cm³/mol. The zero-order valence-corrected chi connectivity index (χ0v) is 15.5. The molecule has 2 saturated carbocycles. The topological polar surface area (TPSA) is 37.4 Å². The molecule has 5 rings (SSSR count). The Morgan fingerprint density at radius 3 is 2.19 bits per heavy atom. The molecule has 5 atom stereocenters. The van der Waals surface area contributed by atoms with Gasteiger partial charge in [-0.25, -0.2) is 4.90 Å². The average molecular weight is 386 g/mol. The second-order valence-corrected chi connectivity index (χ2v) is 8.48. The summed E-state index contributed by atoms with van der Waals surface area (Å²) in [6, 6.07) is 15.2. The molecule has 2 bridgehead atoms. The SMILES string of the molecule is O=C1[C@@H]2[C@@H]3C[C@@H]([C@@H]2C(=O)N1c1cc(Cl)cc(Cl)c1)[C@@H](c1ccccc1)C3. The maximum absolute atomic E-state index is 13.2. The second kappa shape index (κ2) is 5.83. The van der Waals surface area contributed by atoms with Crippen LogP contribution >= 0.6 is 23.2 Å². The molecule has 0 unspecified atom stereocenters. The summed E-state index contributed by atoms with van der Waals surface area (Å²) in [6.07, 6.45) is 1.95. The number of fused-ring (bicyclic) bond motifs is 5. The molecule has 3 aliphatic rings. The van der Waals surface area contributed by atoms with E-state index in [9.17, 15) is 9.59 Å². The summed E-state index contributed by atoms with van der Waals surface area (Å²) in [5.41, 5.74) is 1.77. The van der Waals surface area contributed by atoms with Gasteiger partial charge in [-0.3, -0.25) is 9.59 Å². The van der Waals surface area contributed by atoms with Crippen molar-refractivity contribution in [2.24, 2.45) is 23.7 Å². The van der Waals surface area contributed by atoms with E-state index >= 15 is 0 Å². The fourth-order valence-electron chi connectivity index (χ4n) is 5.47. The Kier molecular flexibility index (Phi) is 3.67. The van der Waals surface area contributed by atoms with Gasteiger partial charge in [0.05, 0.1) is 17.5 Å². The zero-order chi connectivity index (χ0) is 18.0. The third kappa shape index (κ3) is 2.27. The first-order chi connectivity index (χ1) is 12.5. The van der Waals surface area contributed by atoms with Gasteiger partial charge < -0.3 is 0 Å². The van der Waals surface area contributed by atoms with Crippen LogP contribution < -0.4 is 4.90 Å². The van der Waals surface area contributed by atoms with E-state index < -0.39 is 0 Å². The van der Waals surface area contributed by atoms with E-state index in [-0.39, 0.29) is 35.5 Å². The number of benzene rings is 2. The van der Waals surface area contributed by atoms with E-state index in [2.05, 4.69) is 12.1 Å². The summed E-state index contributed by atoms with van der Waals surface area (Å²) >= 11 is 12.2. The van der Waals surface area contributed by atoms with Crippen LogP contribution in [0, 0.1) is 23.7 Å². The molecule has 3 nitrogen and oxygen atoms in total. The second-order valence-electron chi connectivity index (χ2n) is 7.60. The Morgan fingerprint density at radius 2 is 1.50 bits per heavy atom. The average Bonchev–Trinajstić information content (AvgIpc) is 3.26. The molecule has 2 amide bonds. The van der Waals surface area contributed by atoms with E-state index in [4.69, 9.17) is 23.2 Å². The van der Waals surface area contributed by atoms with E-state index in [1.807, 2.05) is 18.2 Å². The molecule has 132 valence electrons. The third-order valence-corrected chi connectivity index (χ3v) is 6.79. The molecule has 2 aliphatic carbocycles. The lowest BCUT2D eigenvalue weighted by atomic mass is 9.73. The van der Waals surface area contributed by atoms with E-state index in [1.165, 1.54) is 10.5 Å². The van der Waals surface area contributed by atoms with Crippen LogP contribution in [0.5, 0.6) is 0 Å². The molecule has 2 aromatic carbocycles. The maximum Gasteiger partial charge on any atom is 0.237 e. The molecule has 26 heavy (non-hydrogen) atoms. The van der Waals surface area contributed by atoms with Crippen LogP contribution in [0.1, 0.15) is 24.3 Å². The monoisotopic (exact) mass is 385 g/mol. The van der Waals surface area contributed by atoms with Crippen molar-refractivity contribution in [1.82, 2.24) is 0 Å². The number of carbonyl (C=O) groups is 2. The Morgan fingerprint density at radius 1 is 0.846 bits per heavy atom. The largest absolute Gasteiger partial charge is 0.274 e. The quantitative estimate of drug-likeness (QED) is 0.687. The Labute approximate surface area is 161 Å². The van der Waals surface area contributed by atoms with Crippen molar-refractivity contribution >= 4 is 40.7 Å². The Bertz CT molecular complexity index is 893. The van der Waals surface area contributed by atoms with Crippen molar-refractivity contribution in [1.29, 1.82) is 0 Å². The molecule has 1 heterocycles. The fourth-order valence-corrected chi connectivity index (χ4v) is 5.98. The molecule has 0 N–H and O–H groups in total. The molecule has 1 saturated heterocycles. The summed E-state index contributed by atoms with van der Waals surface area (Å²) in [7, 11) is 0. The first-order valence-electron chi connectivity index (χ1n) is 8.93.